The Morgan fingerprint density at radius 3 is 2.95 bits per heavy atom. The molecule has 0 saturated carbocycles. The molecule has 1 aromatic carbocycles. The van der Waals surface area contributed by atoms with Crippen LogP contribution in [0.4, 0.5) is 0 Å². The first kappa shape index (κ1) is 12.2. The summed E-state index contributed by atoms with van der Waals surface area (Å²) in [6.45, 7) is 0. The van der Waals surface area contributed by atoms with Gasteiger partial charge in [0.15, 0.2) is 5.69 Å². The van der Waals surface area contributed by atoms with E-state index in [1.165, 1.54) is 4.40 Å². The van der Waals surface area contributed by atoms with Crippen LogP contribution in [0.25, 0.3) is 17.0 Å². The number of aromatic carboxylic acids is 1. The Labute approximate surface area is 114 Å². The number of fused-ring (bicyclic) bond motifs is 1. The van der Waals surface area contributed by atoms with E-state index in [-0.39, 0.29) is 5.69 Å². The lowest BCUT2D eigenvalue weighted by molar-refractivity contribution is 0.0690. The SMILES string of the molecule is COc1cccc(-c2nc3ncccn3c2C(=O)O)c1. The number of hydrogen-bond acceptors (Lipinski definition) is 4. The third-order valence-corrected chi connectivity index (χ3v) is 2.95. The number of nitrogens with zero attached hydrogens (tertiary/aromatic N) is 3. The van der Waals surface area contributed by atoms with Gasteiger partial charge in [0.25, 0.3) is 0 Å². The summed E-state index contributed by atoms with van der Waals surface area (Å²) in [6.07, 6.45) is 3.20. The van der Waals surface area contributed by atoms with Crippen LogP contribution >= 0.6 is 0 Å². The second-order valence-electron chi connectivity index (χ2n) is 4.14. The highest BCUT2D eigenvalue weighted by molar-refractivity contribution is 5.94. The number of carbonyl (C=O) groups is 1. The Bertz CT molecular complexity index is 795. The molecule has 2 aromatic heterocycles. The zero-order valence-electron chi connectivity index (χ0n) is 10.6. The van der Waals surface area contributed by atoms with Crippen molar-refractivity contribution in [1.29, 1.82) is 0 Å². The average Bonchev–Trinajstić information content (AvgIpc) is 2.87. The molecule has 0 amide bonds. The number of imidazole rings is 1. The molecule has 6 nitrogen and oxygen atoms in total. The predicted octanol–water partition coefficient (Wildman–Crippen LogP) is 2.10. The maximum Gasteiger partial charge on any atom is 0.355 e. The first-order chi connectivity index (χ1) is 9.70. The molecule has 0 bridgehead atoms. The first-order valence-electron chi connectivity index (χ1n) is 5.91. The molecule has 1 N–H and O–H groups in total. The van der Waals surface area contributed by atoms with Crippen molar-refractivity contribution in [1.82, 2.24) is 14.4 Å². The number of hydrogen-bond donors (Lipinski definition) is 1. The van der Waals surface area contributed by atoms with E-state index in [4.69, 9.17) is 4.74 Å². The monoisotopic (exact) mass is 269 g/mol. The number of ether oxygens (including phenoxy) is 1. The summed E-state index contributed by atoms with van der Waals surface area (Å²) < 4.78 is 6.61. The number of benzene rings is 1. The molecule has 0 aliphatic carbocycles. The Balaban J connectivity index is 2.29. The predicted molar refractivity (Wildman–Crippen MR) is 71.9 cm³/mol. The molecule has 3 aromatic rings. The van der Waals surface area contributed by atoms with Gasteiger partial charge in [0, 0.05) is 18.0 Å². The van der Waals surface area contributed by atoms with Gasteiger partial charge < -0.3 is 9.84 Å². The molecule has 0 atom stereocenters. The van der Waals surface area contributed by atoms with Crippen LogP contribution in [-0.4, -0.2) is 32.6 Å². The summed E-state index contributed by atoms with van der Waals surface area (Å²) >= 11 is 0. The van der Waals surface area contributed by atoms with E-state index in [9.17, 15) is 9.90 Å². The molecule has 0 fully saturated rings. The van der Waals surface area contributed by atoms with Gasteiger partial charge in [0.1, 0.15) is 11.4 Å². The summed E-state index contributed by atoms with van der Waals surface area (Å²) in [4.78, 5) is 19.9. The molecule has 2 heterocycles. The van der Waals surface area contributed by atoms with Crippen molar-refractivity contribution in [3.05, 3.63) is 48.4 Å². The average molecular weight is 269 g/mol. The Morgan fingerprint density at radius 1 is 1.35 bits per heavy atom. The minimum atomic E-state index is -1.05. The van der Waals surface area contributed by atoms with Crippen molar-refractivity contribution in [2.75, 3.05) is 7.11 Å². The Hall–Kier alpha value is -2.89. The largest absolute Gasteiger partial charge is 0.497 e. The summed E-state index contributed by atoms with van der Waals surface area (Å²) in [5.41, 5.74) is 1.13. The molecule has 0 aliphatic rings. The fraction of sp³-hybridized carbons (Fsp3) is 0.0714. The lowest BCUT2D eigenvalue weighted by Crippen LogP contribution is -2.03. The summed E-state index contributed by atoms with van der Waals surface area (Å²) in [5, 5.41) is 9.42. The fourth-order valence-corrected chi connectivity index (χ4v) is 2.06. The number of carboxylic acid groups (broad SMARTS) is 1. The summed E-state index contributed by atoms with van der Waals surface area (Å²) in [7, 11) is 1.56. The highest BCUT2D eigenvalue weighted by atomic mass is 16.5. The first-order valence-corrected chi connectivity index (χ1v) is 5.91. The van der Waals surface area contributed by atoms with Crippen molar-refractivity contribution in [2.24, 2.45) is 0 Å². The third kappa shape index (κ3) is 1.87. The number of rotatable bonds is 3. The standard InChI is InChI=1S/C14H11N3O3/c1-20-10-5-2-4-9(8-10)11-12(13(18)19)17-7-3-6-15-14(17)16-11/h2-8H,1H3,(H,18,19). The summed E-state index contributed by atoms with van der Waals surface area (Å²) in [6, 6.07) is 8.77. The van der Waals surface area contributed by atoms with Crippen LogP contribution in [0.5, 0.6) is 5.75 Å². The van der Waals surface area contributed by atoms with Crippen LogP contribution in [0.1, 0.15) is 10.5 Å². The van der Waals surface area contributed by atoms with Crippen molar-refractivity contribution in [2.45, 2.75) is 0 Å². The van der Waals surface area contributed by atoms with Crippen molar-refractivity contribution < 1.29 is 14.6 Å². The molecular weight excluding hydrogens is 258 g/mol. The highest BCUT2D eigenvalue weighted by Crippen LogP contribution is 2.26. The quantitative estimate of drug-likeness (QED) is 0.788. The Kier molecular flexibility index (Phi) is 2.83. The van der Waals surface area contributed by atoms with Gasteiger partial charge in [-0.1, -0.05) is 12.1 Å². The van der Waals surface area contributed by atoms with Gasteiger partial charge in [-0.15, -0.1) is 0 Å². The van der Waals surface area contributed by atoms with E-state index in [0.29, 0.717) is 22.8 Å². The van der Waals surface area contributed by atoms with E-state index in [1.54, 1.807) is 49.8 Å². The van der Waals surface area contributed by atoms with Gasteiger partial charge in [-0.3, -0.25) is 4.40 Å². The normalized spacial score (nSPS) is 10.7. The van der Waals surface area contributed by atoms with E-state index in [0.717, 1.165) is 0 Å². The molecule has 0 saturated heterocycles. The molecule has 20 heavy (non-hydrogen) atoms. The maximum atomic E-state index is 11.5. The molecule has 0 spiro atoms. The van der Waals surface area contributed by atoms with E-state index < -0.39 is 5.97 Å². The molecule has 6 heteroatoms. The number of methoxy groups -OCH3 is 1. The van der Waals surface area contributed by atoms with E-state index in [2.05, 4.69) is 9.97 Å². The zero-order valence-corrected chi connectivity index (χ0v) is 10.6. The van der Waals surface area contributed by atoms with Crippen LogP contribution in [0, 0.1) is 0 Å². The lowest BCUT2D eigenvalue weighted by atomic mass is 10.1. The van der Waals surface area contributed by atoms with Crippen molar-refractivity contribution in [3.63, 3.8) is 0 Å². The van der Waals surface area contributed by atoms with Crippen molar-refractivity contribution >= 4 is 11.7 Å². The van der Waals surface area contributed by atoms with Crippen LogP contribution < -0.4 is 4.74 Å². The molecule has 0 aliphatic heterocycles. The van der Waals surface area contributed by atoms with Crippen LogP contribution in [-0.2, 0) is 0 Å². The molecule has 3 rings (SSSR count). The zero-order chi connectivity index (χ0) is 14.1. The maximum absolute atomic E-state index is 11.5. The van der Waals surface area contributed by atoms with Gasteiger partial charge in [-0.05, 0) is 18.2 Å². The topological polar surface area (TPSA) is 76.7 Å². The summed E-state index contributed by atoms with van der Waals surface area (Å²) in [5.74, 6) is -0.0603. The van der Waals surface area contributed by atoms with Crippen LogP contribution in [0.15, 0.2) is 42.7 Å². The molecule has 0 radical (unpaired) electrons. The minimum Gasteiger partial charge on any atom is -0.497 e. The van der Waals surface area contributed by atoms with Crippen LogP contribution in [0.2, 0.25) is 0 Å². The lowest BCUT2D eigenvalue weighted by Gasteiger charge is -2.03. The van der Waals surface area contributed by atoms with Crippen LogP contribution in [0.3, 0.4) is 0 Å². The van der Waals surface area contributed by atoms with Gasteiger partial charge in [0.05, 0.1) is 7.11 Å². The third-order valence-electron chi connectivity index (χ3n) is 2.95. The number of carboxylic acids is 1. The highest BCUT2D eigenvalue weighted by Gasteiger charge is 2.20. The van der Waals surface area contributed by atoms with Gasteiger partial charge in [0.2, 0.25) is 5.78 Å². The second kappa shape index (κ2) is 4.65. The fourth-order valence-electron chi connectivity index (χ4n) is 2.06. The van der Waals surface area contributed by atoms with Crippen molar-refractivity contribution in [3.8, 4) is 17.0 Å². The minimum absolute atomic E-state index is 0.0846. The van der Waals surface area contributed by atoms with E-state index in [1.807, 2.05) is 0 Å². The molecule has 0 unspecified atom stereocenters. The Morgan fingerprint density at radius 2 is 2.20 bits per heavy atom. The molecular formula is C14H11N3O3. The van der Waals surface area contributed by atoms with E-state index >= 15 is 0 Å². The van der Waals surface area contributed by atoms with Gasteiger partial charge in [-0.2, -0.15) is 0 Å². The second-order valence-corrected chi connectivity index (χ2v) is 4.14. The smallest absolute Gasteiger partial charge is 0.355 e. The van der Waals surface area contributed by atoms with Gasteiger partial charge >= 0.3 is 5.97 Å². The number of aromatic nitrogens is 3. The molecule has 100 valence electrons. The van der Waals surface area contributed by atoms with Gasteiger partial charge in [-0.25, -0.2) is 14.8 Å².